The minimum atomic E-state index is -0.157. The van der Waals surface area contributed by atoms with Crippen LogP contribution in [0, 0.1) is 5.92 Å². The van der Waals surface area contributed by atoms with Crippen molar-refractivity contribution in [3.05, 3.63) is 28.2 Å². The van der Waals surface area contributed by atoms with Gasteiger partial charge in [0.15, 0.2) is 0 Å². The fourth-order valence-electron chi connectivity index (χ4n) is 2.64. The van der Waals surface area contributed by atoms with Crippen molar-refractivity contribution in [1.29, 1.82) is 0 Å². The van der Waals surface area contributed by atoms with Gasteiger partial charge in [0.05, 0.1) is 11.8 Å². The van der Waals surface area contributed by atoms with Crippen LogP contribution in [0.2, 0.25) is 0 Å². The Kier molecular flexibility index (Phi) is 5.33. The fourth-order valence-corrected chi connectivity index (χ4v) is 3.31. The molecule has 1 aliphatic heterocycles. The van der Waals surface area contributed by atoms with Crippen LogP contribution in [0.4, 0.5) is 5.69 Å². The summed E-state index contributed by atoms with van der Waals surface area (Å²) in [6.07, 6.45) is 0.691. The van der Waals surface area contributed by atoms with Crippen LogP contribution in [0.15, 0.2) is 22.7 Å². The van der Waals surface area contributed by atoms with E-state index in [2.05, 4.69) is 72.0 Å². The molecular weight excluding hydrogens is 328 g/mol. The summed E-state index contributed by atoms with van der Waals surface area (Å²) in [5, 5.41) is 13.4. The van der Waals surface area contributed by atoms with Crippen LogP contribution in [0.25, 0.3) is 0 Å². The van der Waals surface area contributed by atoms with Crippen LogP contribution in [0.1, 0.15) is 39.7 Å². The molecule has 2 unspecified atom stereocenters. The Morgan fingerprint density at radius 2 is 2.10 bits per heavy atom. The Morgan fingerprint density at radius 3 is 2.67 bits per heavy atom. The third kappa shape index (κ3) is 4.70. The van der Waals surface area contributed by atoms with E-state index in [-0.39, 0.29) is 11.6 Å². The van der Waals surface area contributed by atoms with Crippen LogP contribution in [-0.2, 0) is 6.54 Å². The predicted molar refractivity (Wildman–Crippen MR) is 92.7 cm³/mol. The van der Waals surface area contributed by atoms with Crippen LogP contribution in [-0.4, -0.2) is 29.8 Å². The molecule has 1 aliphatic rings. The largest absolute Gasteiger partial charge is 0.393 e. The van der Waals surface area contributed by atoms with Crippen molar-refractivity contribution >= 4 is 21.6 Å². The lowest BCUT2D eigenvalue weighted by Crippen LogP contribution is -2.42. The zero-order valence-electron chi connectivity index (χ0n) is 13.5. The van der Waals surface area contributed by atoms with E-state index in [0.717, 1.165) is 30.5 Å². The average Bonchev–Trinajstić information content (AvgIpc) is 2.39. The highest BCUT2D eigenvalue weighted by molar-refractivity contribution is 9.10. The predicted octanol–water partition coefficient (Wildman–Crippen LogP) is 3.54. The summed E-state index contributed by atoms with van der Waals surface area (Å²) in [7, 11) is 0. The van der Waals surface area contributed by atoms with E-state index in [1.54, 1.807) is 0 Å². The first kappa shape index (κ1) is 16.8. The first-order chi connectivity index (χ1) is 9.76. The molecule has 0 amide bonds. The number of rotatable bonds is 3. The van der Waals surface area contributed by atoms with Gasteiger partial charge in [-0.3, -0.25) is 0 Å². The third-order valence-electron chi connectivity index (χ3n) is 4.04. The number of hydrogen-bond donors (Lipinski definition) is 2. The summed E-state index contributed by atoms with van der Waals surface area (Å²) in [5.74, 6) is 0.327. The van der Waals surface area contributed by atoms with Crippen molar-refractivity contribution < 1.29 is 5.11 Å². The molecule has 1 aromatic rings. The van der Waals surface area contributed by atoms with E-state index >= 15 is 0 Å². The van der Waals surface area contributed by atoms with Crippen molar-refractivity contribution in [1.82, 2.24) is 5.32 Å². The van der Waals surface area contributed by atoms with Gasteiger partial charge in [-0.1, -0.05) is 13.0 Å². The van der Waals surface area contributed by atoms with E-state index in [9.17, 15) is 5.11 Å². The molecule has 0 radical (unpaired) electrons. The lowest BCUT2D eigenvalue weighted by molar-refractivity contribution is 0.0970. The van der Waals surface area contributed by atoms with Crippen LogP contribution in [0.5, 0.6) is 0 Å². The van der Waals surface area contributed by atoms with Crippen molar-refractivity contribution in [2.45, 2.75) is 52.3 Å². The van der Waals surface area contributed by atoms with Gasteiger partial charge in [-0.2, -0.15) is 0 Å². The molecule has 0 saturated carbocycles. The minimum absolute atomic E-state index is 0.129. The highest BCUT2D eigenvalue weighted by Gasteiger charge is 2.25. The average molecular weight is 355 g/mol. The summed E-state index contributed by atoms with van der Waals surface area (Å²) in [5.41, 5.74) is 2.64. The van der Waals surface area contributed by atoms with Gasteiger partial charge < -0.3 is 15.3 Å². The second-order valence-corrected chi connectivity index (χ2v) is 8.02. The van der Waals surface area contributed by atoms with Crippen LogP contribution < -0.4 is 10.2 Å². The molecule has 1 saturated heterocycles. The van der Waals surface area contributed by atoms with Gasteiger partial charge >= 0.3 is 0 Å². The summed E-state index contributed by atoms with van der Waals surface area (Å²) in [6, 6.07) is 6.58. The Balaban J connectivity index is 2.05. The monoisotopic (exact) mass is 354 g/mol. The molecule has 0 aliphatic carbocycles. The molecule has 1 aromatic carbocycles. The molecule has 0 spiro atoms. The molecule has 1 fully saturated rings. The van der Waals surface area contributed by atoms with Gasteiger partial charge in [-0.15, -0.1) is 0 Å². The number of anilines is 1. The number of piperidine rings is 1. The van der Waals surface area contributed by atoms with E-state index in [1.807, 2.05) is 0 Å². The molecule has 3 nitrogen and oxygen atoms in total. The maximum absolute atomic E-state index is 9.86. The standard InChI is InChI=1S/C17H27BrN2O/c1-12-11-20(8-7-16(12)21)15-6-5-13(9-14(15)18)10-19-17(2,3)4/h5-6,9,12,16,19,21H,7-8,10-11H2,1-4H3. The smallest absolute Gasteiger partial charge is 0.0599 e. The molecule has 2 atom stereocenters. The van der Waals surface area contributed by atoms with Crippen molar-refractivity contribution in [2.75, 3.05) is 18.0 Å². The quantitative estimate of drug-likeness (QED) is 0.871. The molecule has 21 heavy (non-hydrogen) atoms. The van der Waals surface area contributed by atoms with Gasteiger partial charge in [-0.25, -0.2) is 0 Å². The second kappa shape index (κ2) is 6.67. The molecular formula is C17H27BrN2O. The molecule has 0 aromatic heterocycles. The van der Waals surface area contributed by atoms with Gasteiger partial charge in [0.1, 0.15) is 0 Å². The maximum Gasteiger partial charge on any atom is 0.0599 e. The number of aliphatic hydroxyl groups is 1. The Morgan fingerprint density at radius 1 is 1.38 bits per heavy atom. The molecule has 4 heteroatoms. The number of nitrogens with one attached hydrogen (secondary N) is 1. The summed E-state index contributed by atoms with van der Waals surface area (Å²) >= 11 is 3.71. The number of hydrogen-bond acceptors (Lipinski definition) is 3. The number of nitrogens with zero attached hydrogens (tertiary/aromatic N) is 1. The molecule has 2 rings (SSSR count). The van der Waals surface area contributed by atoms with E-state index < -0.39 is 0 Å². The van der Waals surface area contributed by atoms with Crippen molar-refractivity contribution in [2.24, 2.45) is 5.92 Å². The highest BCUT2D eigenvalue weighted by atomic mass is 79.9. The highest BCUT2D eigenvalue weighted by Crippen LogP contribution is 2.31. The number of halogens is 1. The lowest BCUT2D eigenvalue weighted by atomic mass is 9.96. The SMILES string of the molecule is CC1CN(c2ccc(CNC(C)(C)C)cc2Br)CCC1O. The molecule has 1 heterocycles. The van der Waals surface area contributed by atoms with Crippen molar-refractivity contribution in [3.8, 4) is 0 Å². The summed E-state index contributed by atoms with van der Waals surface area (Å²) in [4.78, 5) is 2.36. The first-order valence-corrected chi connectivity index (χ1v) is 8.52. The molecule has 2 N–H and O–H groups in total. The van der Waals surface area contributed by atoms with E-state index in [4.69, 9.17) is 0 Å². The van der Waals surface area contributed by atoms with E-state index in [1.165, 1.54) is 11.3 Å². The normalized spacial score (nSPS) is 23.4. The topological polar surface area (TPSA) is 35.5 Å². The van der Waals surface area contributed by atoms with Crippen LogP contribution in [0.3, 0.4) is 0 Å². The Labute approximate surface area is 136 Å². The Hall–Kier alpha value is -0.580. The van der Waals surface area contributed by atoms with Gasteiger partial charge in [0.25, 0.3) is 0 Å². The fraction of sp³-hybridized carbons (Fsp3) is 0.647. The van der Waals surface area contributed by atoms with Gasteiger partial charge in [0.2, 0.25) is 0 Å². The summed E-state index contributed by atoms with van der Waals surface area (Å²) < 4.78 is 1.14. The molecule has 0 bridgehead atoms. The third-order valence-corrected chi connectivity index (χ3v) is 4.67. The zero-order chi connectivity index (χ0) is 15.6. The summed E-state index contributed by atoms with van der Waals surface area (Å²) in [6.45, 7) is 11.4. The molecule has 118 valence electrons. The van der Waals surface area contributed by atoms with Crippen molar-refractivity contribution in [3.63, 3.8) is 0 Å². The van der Waals surface area contributed by atoms with Crippen LogP contribution >= 0.6 is 15.9 Å². The number of aliphatic hydroxyl groups excluding tert-OH is 1. The maximum atomic E-state index is 9.86. The van der Waals surface area contributed by atoms with Gasteiger partial charge in [0, 0.05) is 29.6 Å². The first-order valence-electron chi connectivity index (χ1n) is 7.73. The van der Waals surface area contributed by atoms with Gasteiger partial charge in [-0.05, 0) is 66.7 Å². The second-order valence-electron chi connectivity index (χ2n) is 7.17. The minimum Gasteiger partial charge on any atom is -0.393 e. The van der Waals surface area contributed by atoms with E-state index in [0.29, 0.717) is 5.92 Å². The lowest BCUT2D eigenvalue weighted by Gasteiger charge is -2.36. The number of benzene rings is 1. The Bertz CT molecular complexity index is 484. The zero-order valence-corrected chi connectivity index (χ0v) is 15.1.